The van der Waals surface area contributed by atoms with Crippen LogP contribution in [-0.4, -0.2) is 37.9 Å². The van der Waals surface area contributed by atoms with Crippen LogP contribution in [0.3, 0.4) is 0 Å². The van der Waals surface area contributed by atoms with Crippen molar-refractivity contribution in [3.8, 4) is 0 Å². The maximum atomic E-state index is 11.8. The van der Waals surface area contributed by atoms with Gasteiger partial charge in [-0.3, -0.25) is 9.69 Å². The van der Waals surface area contributed by atoms with E-state index in [2.05, 4.69) is 17.1 Å². The number of hydrogen-bond donors (Lipinski definition) is 1. The first kappa shape index (κ1) is 15.9. The molecule has 0 aliphatic carbocycles. The Morgan fingerprint density at radius 3 is 2.33 bits per heavy atom. The van der Waals surface area contributed by atoms with Gasteiger partial charge in [0, 0.05) is 25.6 Å². The van der Waals surface area contributed by atoms with Crippen molar-refractivity contribution in [1.29, 1.82) is 0 Å². The Bertz CT molecular complexity index is 627. The van der Waals surface area contributed by atoms with Crippen molar-refractivity contribution in [2.24, 2.45) is 5.14 Å². The predicted molar refractivity (Wildman–Crippen MR) is 82.3 cm³/mol. The van der Waals surface area contributed by atoms with Crippen LogP contribution in [0, 0.1) is 0 Å². The molecule has 1 heterocycles. The molecule has 0 radical (unpaired) electrons. The molecule has 1 aromatic rings. The third-order valence-electron chi connectivity index (χ3n) is 3.61. The summed E-state index contributed by atoms with van der Waals surface area (Å²) in [5.41, 5.74) is 1.99. The van der Waals surface area contributed by atoms with Crippen LogP contribution in [0.15, 0.2) is 36.4 Å². The first-order chi connectivity index (χ1) is 9.85. The lowest BCUT2D eigenvalue weighted by Gasteiger charge is -2.16. The third-order valence-corrected chi connectivity index (χ3v) is 4.29. The molecule has 1 aliphatic heterocycles. The highest BCUT2D eigenvalue weighted by atomic mass is 32.2. The van der Waals surface area contributed by atoms with Gasteiger partial charge in [-0.1, -0.05) is 43.3 Å². The summed E-state index contributed by atoms with van der Waals surface area (Å²) in [4.78, 5) is 14.1. The van der Waals surface area contributed by atoms with E-state index in [9.17, 15) is 13.2 Å². The van der Waals surface area contributed by atoms with Crippen LogP contribution in [0.25, 0.3) is 0 Å². The maximum Gasteiger partial charge on any atom is 0.216 e. The molecule has 114 valence electrons. The zero-order valence-corrected chi connectivity index (χ0v) is 12.8. The number of nitrogens with zero attached hydrogens (tertiary/aromatic N) is 1. The third kappa shape index (κ3) is 4.77. The molecule has 2 rings (SSSR count). The van der Waals surface area contributed by atoms with Gasteiger partial charge in [-0.25, -0.2) is 13.6 Å². The second kappa shape index (κ2) is 6.51. The summed E-state index contributed by atoms with van der Waals surface area (Å²) in [6.07, 6.45) is 4.28. The maximum absolute atomic E-state index is 11.8. The van der Waals surface area contributed by atoms with E-state index in [4.69, 9.17) is 5.14 Å². The van der Waals surface area contributed by atoms with Crippen molar-refractivity contribution in [1.82, 2.24) is 4.90 Å². The van der Waals surface area contributed by atoms with Crippen molar-refractivity contribution in [3.05, 3.63) is 47.5 Å². The molecule has 1 aliphatic rings. The number of Topliss-reactive ketones (excluding diaryl/α,β-unsaturated/α-hetero) is 1. The monoisotopic (exact) mass is 308 g/mol. The molecule has 0 amide bonds. The molecule has 2 N–H and O–H groups in total. The van der Waals surface area contributed by atoms with E-state index in [0.717, 1.165) is 25.2 Å². The van der Waals surface area contributed by atoms with Gasteiger partial charge in [0.15, 0.2) is 5.78 Å². The molecule has 0 saturated heterocycles. The molecule has 0 unspecified atom stereocenters. The Balaban J connectivity index is 1.99. The number of sulfonamides is 1. The van der Waals surface area contributed by atoms with Crippen LogP contribution in [0.4, 0.5) is 0 Å². The second-order valence-electron chi connectivity index (χ2n) is 5.40. The lowest BCUT2D eigenvalue weighted by Crippen LogP contribution is -2.26. The molecule has 0 fully saturated rings. The van der Waals surface area contributed by atoms with Gasteiger partial charge in [0.05, 0.1) is 0 Å². The van der Waals surface area contributed by atoms with E-state index in [-0.39, 0.29) is 5.78 Å². The molecule has 1 atom stereocenters. The van der Waals surface area contributed by atoms with Crippen molar-refractivity contribution in [2.45, 2.75) is 19.4 Å². The fourth-order valence-electron chi connectivity index (χ4n) is 2.33. The fourth-order valence-corrected chi connectivity index (χ4v) is 2.98. The minimum atomic E-state index is -3.76. The number of primary sulfonamides is 1. The molecule has 0 spiro atoms. The Morgan fingerprint density at radius 1 is 1.24 bits per heavy atom. The van der Waals surface area contributed by atoms with Gasteiger partial charge < -0.3 is 0 Å². The van der Waals surface area contributed by atoms with Crippen LogP contribution in [0.1, 0.15) is 24.0 Å². The number of ketones is 1. The summed E-state index contributed by atoms with van der Waals surface area (Å²) >= 11 is 0. The van der Waals surface area contributed by atoms with Crippen LogP contribution < -0.4 is 5.14 Å². The highest BCUT2D eigenvalue weighted by Crippen LogP contribution is 2.18. The SMILES string of the molecule is C[C@@H](C(=O)CS(N)(=O)=O)c1ccc(CN2CC=CC2)cc1. The number of rotatable bonds is 6. The van der Waals surface area contributed by atoms with Crippen molar-refractivity contribution in [2.75, 3.05) is 18.8 Å². The summed E-state index contributed by atoms with van der Waals surface area (Å²) in [5.74, 6) is -1.46. The quantitative estimate of drug-likeness (QED) is 0.796. The first-order valence-corrected chi connectivity index (χ1v) is 8.56. The normalized spacial score (nSPS) is 17.0. The second-order valence-corrected chi connectivity index (χ2v) is 7.02. The van der Waals surface area contributed by atoms with Gasteiger partial charge in [-0.2, -0.15) is 0 Å². The van der Waals surface area contributed by atoms with E-state index >= 15 is 0 Å². The largest absolute Gasteiger partial charge is 0.298 e. The number of carbonyl (C=O) groups excluding carboxylic acids is 1. The van der Waals surface area contributed by atoms with Crippen molar-refractivity contribution >= 4 is 15.8 Å². The van der Waals surface area contributed by atoms with Gasteiger partial charge in [-0.05, 0) is 11.1 Å². The highest BCUT2D eigenvalue weighted by molar-refractivity contribution is 7.89. The average Bonchev–Trinajstić information content (AvgIpc) is 2.90. The lowest BCUT2D eigenvalue weighted by atomic mass is 9.96. The molecule has 6 heteroatoms. The van der Waals surface area contributed by atoms with Gasteiger partial charge in [0.1, 0.15) is 5.75 Å². The van der Waals surface area contributed by atoms with Gasteiger partial charge in [-0.15, -0.1) is 0 Å². The molecule has 21 heavy (non-hydrogen) atoms. The zero-order chi connectivity index (χ0) is 15.5. The van der Waals surface area contributed by atoms with Crippen LogP contribution in [-0.2, 0) is 21.4 Å². The van der Waals surface area contributed by atoms with Crippen LogP contribution in [0.5, 0.6) is 0 Å². The Labute approximate surface area is 125 Å². The van der Waals surface area contributed by atoms with E-state index in [1.165, 1.54) is 5.56 Å². The van der Waals surface area contributed by atoms with E-state index in [1.807, 2.05) is 24.3 Å². The summed E-state index contributed by atoms with van der Waals surface area (Å²) in [5, 5.41) is 4.91. The minimum Gasteiger partial charge on any atom is -0.298 e. The van der Waals surface area contributed by atoms with E-state index in [0.29, 0.717) is 0 Å². The highest BCUT2D eigenvalue weighted by Gasteiger charge is 2.20. The summed E-state index contributed by atoms with van der Waals surface area (Å²) < 4.78 is 21.9. The van der Waals surface area contributed by atoms with Gasteiger partial charge >= 0.3 is 0 Å². The van der Waals surface area contributed by atoms with Gasteiger partial charge in [0.25, 0.3) is 0 Å². The van der Waals surface area contributed by atoms with Gasteiger partial charge in [0.2, 0.25) is 10.0 Å². The molecule has 0 saturated carbocycles. The fraction of sp³-hybridized carbons (Fsp3) is 0.400. The summed E-state index contributed by atoms with van der Waals surface area (Å²) in [6.45, 7) is 4.50. The van der Waals surface area contributed by atoms with Crippen LogP contribution in [0.2, 0.25) is 0 Å². The summed E-state index contributed by atoms with van der Waals surface area (Å²) in [7, 11) is -3.76. The number of carbonyl (C=O) groups is 1. The summed E-state index contributed by atoms with van der Waals surface area (Å²) in [6, 6.07) is 7.72. The number of benzene rings is 1. The lowest BCUT2D eigenvalue weighted by molar-refractivity contribution is -0.117. The zero-order valence-electron chi connectivity index (χ0n) is 12.0. The number of nitrogens with two attached hydrogens (primary N) is 1. The molecule has 1 aromatic carbocycles. The number of hydrogen-bond acceptors (Lipinski definition) is 4. The van der Waals surface area contributed by atoms with E-state index < -0.39 is 21.7 Å². The molecule has 0 bridgehead atoms. The van der Waals surface area contributed by atoms with Crippen molar-refractivity contribution < 1.29 is 13.2 Å². The van der Waals surface area contributed by atoms with E-state index in [1.54, 1.807) is 6.92 Å². The Kier molecular flexibility index (Phi) is 4.92. The molecular weight excluding hydrogens is 288 g/mol. The Morgan fingerprint density at radius 2 is 1.81 bits per heavy atom. The molecule has 5 nitrogen and oxygen atoms in total. The van der Waals surface area contributed by atoms with Crippen molar-refractivity contribution in [3.63, 3.8) is 0 Å². The molecule has 0 aromatic heterocycles. The average molecular weight is 308 g/mol. The first-order valence-electron chi connectivity index (χ1n) is 6.84. The Hall–Kier alpha value is -1.50. The topological polar surface area (TPSA) is 80.5 Å². The minimum absolute atomic E-state index is 0.381. The van der Waals surface area contributed by atoms with Crippen LogP contribution >= 0.6 is 0 Å². The predicted octanol–water partition coefficient (Wildman–Crippen LogP) is 1.02. The smallest absolute Gasteiger partial charge is 0.216 e. The standard InChI is InChI=1S/C15H20N2O3S/c1-12(15(18)11-21(16,19)20)14-6-4-13(5-7-14)10-17-8-2-3-9-17/h2-7,12H,8-11H2,1H3,(H2,16,19,20)/t12-/m1/s1. The molecular formula is C15H20N2O3S.